The van der Waals surface area contributed by atoms with Gasteiger partial charge in [-0.15, -0.1) is 0 Å². The van der Waals surface area contributed by atoms with Gasteiger partial charge in [-0.1, -0.05) is 12.1 Å². The van der Waals surface area contributed by atoms with E-state index < -0.39 is 12.1 Å². The summed E-state index contributed by atoms with van der Waals surface area (Å²) in [5.41, 5.74) is 1.20. The van der Waals surface area contributed by atoms with Crippen LogP contribution in [0.15, 0.2) is 24.3 Å². The average molecular weight is 295 g/mol. The Labute approximate surface area is 123 Å². The molecule has 21 heavy (non-hydrogen) atoms. The van der Waals surface area contributed by atoms with Gasteiger partial charge in [-0.3, -0.25) is 4.79 Å². The summed E-state index contributed by atoms with van der Waals surface area (Å²) < 4.78 is 0. The Kier molecular flexibility index (Phi) is 7.42. The first kappa shape index (κ1) is 17.1. The van der Waals surface area contributed by atoms with Crippen LogP contribution in [0.3, 0.4) is 0 Å². The Morgan fingerprint density at radius 2 is 1.86 bits per heavy atom. The molecule has 0 radical (unpaired) electrons. The topological polar surface area (TPSA) is 107 Å². The van der Waals surface area contributed by atoms with Gasteiger partial charge in [0.15, 0.2) is 0 Å². The van der Waals surface area contributed by atoms with E-state index in [0.717, 1.165) is 5.56 Å². The first-order chi connectivity index (χ1) is 10.0. The Balaban J connectivity index is 2.20. The number of aliphatic hydroxyl groups is 2. The molecular weight excluding hydrogens is 274 g/mol. The molecule has 0 spiro atoms. The van der Waals surface area contributed by atoms with Crippen molar-refractivity contribution in [2.45, 2.75) is 31.8 Å². The second kappa shape index (κ2) is 9.10. The summed E-state index contributed by atoms with van der Waals surface area (Å²) >= 11 is 0. The normalized spacial score (nSPS) is 11.9. The van der Waals surface area contributed by atoms with E-state index in [1.807, 2.05) is 0 Å². The number of benzene rings is 1. The van der Waals surface area contributed by atoms with E-state index in [4.69, 9.17) is 15.3 Å². The van der Waals surface area contributed by atoms with Crippen LogP contribution in [-0.4, -0.2) is 46.5 Å². The van der Waals surface area contributed by atoms with Gasteiger partial charge < -0.3 is 20.6 Å². The van der Waals surface area contributed by atoms with Crippen molar-refractivity contribution in [2.24, 2.45) is 0 Å². The number of carboxylic acids is 1. The summed E-state index contributed by atoms with van der Waals surface area (Å²) in [5.74, 6) is -1.05. The van der Waals surface area contributed by atoms with E-state index in [1.54, 1.807) is 12.1 Å². The third kappa shape index (κ3) is 6.87. The van der Waals surface area contributed by atoms with Crippen LogP contribution in [-0.2, 0) is 11.2 Å². The van der Waals surface area contributed by atoms with Crippen LogP contribution in [0, 0.1) is 0 Å². The molecule has 0 aliphatic rings. The van der Waals surface area contributed by atoms with E-state index >= 15 is 0 Å². The van der Waals surface area contributed by atoms with Crippen molar-refractivity contribution in [3.8, 4) is 0 Å². The van der Waals surface area contributed by atoms with Gasteiger partial charge in [-0.2, -0.15) is 0 Å². The Bertz CT molecular complexity index is 458. The summed E-state index contributed by atoms with van der Waals surface area (Å²) in [6, 6.07) is 6.53. The fourth-order valence-corrected chi connectivity index (χ4v) is 1.84. The summed E-state index contributed by atoms with van der Waals surface area (Å²) in [5, 5.41) is 29.3. The molecule has 0 aliphatic heterocycles. The van der Waals surface area contributed by atoms with Gasteiger partial charge in [0.25, 0.3) is 0 Å². The number of carboxylic acid groups (broad SMARTS) is 1. The van der Waals surface area contributed by atoms with E-state index in [-0.39, 0.29) is 18.1 Å². The maximum absolute atomic E-state index is 11.5. The van der Waals surface area contributed by atoms with Crippen LogP contribution in [0.4, 0.5) is 0 Å². The summed E-state index contributed by atoms with van der Waals surface area (Å²) in [6.07, 6.45) is 1.12. The van der Waals surface area contributed by atoms with Crippen LogP contribution < -0.4 is 5.32 Å². The molecule has 6 nitrogen and oxygen atoms in total. The lowest BCUT2D eigenvalue weighted by molar-refractivity contribution is -0.121. The maximum atomic E-state index is 11.5. The van der Waals surface area contributed by atoms with Crippen molar-refractivity contribution in [3.05, 3.63) is 35.4 Å². The standard InChI is InChI=1S/C15H21NO5/c17-10-13(18)2-1-3-14(19)16-9-8-11-4-6-12(7-5-11)15(20)21/h4-7,13,17-18H,1-3,8-10H2,(H,16,19)(H,20,21). The highest BCUT2D eigenvalue weighted by Crippen LogP contribution is 2.05. The third-order valence-corrected chi connectivity index (χ3v) is 3.09. The lowest BCUT2D eigenvalue weighted by atomic mass is 10.1. The predicted octanol–water partition coefficient (Wildman–Crippen LogP) is 0.567. The van der Waals surface area contributed by atoms with Crippen LogP contribution in [0.2, 0.25) is 0 Å². The molecule has 0 saturated heterocycles. The van der Waals surface area contributed by atoms with Gasteiger partial charge in [0.2, 0.25) is 5.91 Å². The van der Waals surface area contributed by atoms with E-state index in [9.17, 15) is 9.59 Å². The van der Waals surface area contributed by atoms with E-state index in [2.05, 4.69) is 5.32 Å². The number of hydrogen-bond acceptors (Lipinski definition) is 4. The zero-order valence-electron chi connectivity index (χ0n) is 11.8. The Hall–Kier alpha value is -1.92. The maximum Gasteiger partial charge on any atom is 0.335 e. The average Bonchev–Trinajstić information content (AvgIpc) is 2.47. The van der Waals surface area contributed by atoms with Gasteiger partial charge >= 0.3 is 5.97 Å². The molecule has 0 saturated carbocycles. The number of rotatable bonds is 9. The molecule has 4 N–H and O–H groups in total. The lowest BCUT2D eigenvalue weighted by Gasteiger charge is -2.07. The fraction of sp³-hybridized carbons (Fsp3) is 0.467. The van der Waals surface area contributed by atoms with Gasteiger partial charge in [-0.05, 0) is 37.0 Å². The first-order valence-corrected chi connectivity index (χ1v) is 6.90. The van der Waals surface area contributed by atoms with Crippen LogP contribution in [0.5, 0.6) is 0 Å². The zero-order chi connectivity index (χ0) is 15.7. The highest BCUT2D eigenvalue weighted by molar-refractivity contribution is 5.87. The number of carbonyl (C=O) groups is 2. The Morgan fingerprint density at radius 1 is 1.19 bits per heavy atom. The SMILES string of the molecule is O=C(CCCC(O)CO)NCCc1ccc(C(=O)O)cc1. The van der Waals surface area contributed by atoms with Crippen molar-refractivity contribution in [3.63, 3.8) is 0 Å². The molecule has 0 fully saturated rings. The van der Waals surface area contributed by atoms with Gasteiger partial charge in [0.05, 0.1) is 18.3 Å². The molecule has 1 aromatic rings. The molecule has 1 amide bonds. The predicted molar refractivity (Wildman–Crippen MR) is 77.1 cm³/mol. The molecule has 1 atom stereocenters. The molecule has 1 rings (SSSR count). The van der Waals surface area contributed by atoms with Gasteiger partial charge in [0.1, 0.15) is 0 Å². The molecule has 0 heterocycles. The molecule has 0 aromatic heterocycles. The summed E-state index contributed by atoms with van der Waals surface area (Å²) in [7, 11) is 0. The Morgan fingerprint density at radius 3 is 2.43 bits per heavy atom. The molecule has 0 aliphatic carbocycles. The van der Waals surface area contributed by atoms with Crippen molar-refractivity contribution in [1.82, 2.24) is 5.32 Å². The first-order valence-electron chi connectivity index (χ1n) is 6.90. The second-order valence-corrected chi connectivity index (χ2v) is 4.83. The van der Waals surface area contributed by atoms with Crippen molar-refractivity contribution in [2.75, 3.05) is 13.2 Å². The number of hydrogen-bond donors (Lipinski definition) is 4. The quantitative estimate of drug-likeness (QED) is 0.533. The monoisotopic (exact) mass is 295 g/mol. The zero-order valence-corrected chi connectivity index (χ0v) is 11.8. The number of carbonyl (C=O) groups excluding carboxylic acids is 1. The minimum Gasteiger partial charge on any atom is -0.478 e. The van der Waals surface area contributed by atoms with Crippen molar-refractivity contribution in [1.29, 1.82) is 0 Å². The molecule has 0 bridgehead atoms. The number of amides is 1. The molecular formula is C15H21NO5. The summed E-state index contributed by atoms with van der Waals surface area (Å²) in [6.45, 7) is 0.196. The van der Waals surface area contributed by atoms with Crippen molar-refractivity contribution < 1.29 is 24.9 Å². The number of nitrogens with one attached hydrogen (secondary N) is 1. The highest BCUT2D eigenvalue weighted by Gasteiger charge is 2.06. The fourth-order valence-electron chi connectivity index (χ4n) is 1.84. The minimum absolute atomic E-state index is 0.0951. The van der Waals surface area contributed by atoms with E-state index in [1.165, 1.54) is 12.1 Å². The second-order valence-electron chi connectivity index (χ2n) is 4.83. The largest absolute Gasteiger partial charge is 0.478 e. The van der Waals surface area contributed by atoms with Gasteiger partial charge in [0, 0.05) is 13.0 Å². The molecule has 1 unspecified atom stereocenters. The van der Waals surface area contributed by atoms with Gasteiger partial charge in [-0.25, -0.2) is 4.79 Å². The van der Waals surface area contributed by atoms with Crippen LogP contribution in [0.25, 0.3) is 0 Å². The van der Waals surface area contributed by atoms with Crippen LogP contribution in [0.1, 0.15) is 35.2 Å². The molecule has 1 aromatic carbocycles. The number of aliphatic hydroxyl groups excluding tert-OH is 2. The lowest BCUT2D eigenvalue weighted by Crippen LogP contribution is -2.25. The molecule has 6 heteroatoms. The van der Waals surface area contributed by atoms with E-state index in [0.29, 0.717) is 32.2 Å². The van der Waals surface area contributed by atoms with Crippen molar-refractivity contribution >= 4 is 11.9 Å². The third-order valence-electron chi connectivity index (χ3n) is 3.09. The minimum atomic E-state index is -0.958. The molecule has 116 valence electrons. The van der Waals surface area contributed by atoms with Crippen LogP contribution >= 0.6 is 0 Å². The highest BCUT2D eigenvalue weighted by atomic mass is 16.4. The number of aromatic carboxylic acids is 1. The smallest absolute Gasteiger partial charge is 0.335 e. The summed E-state index contributed by atoms with van der Waals surface area (Å²) in [4.78, 5) is 22.2.